The number of fused-ring (bicyclic) bond motifs is 1. The van der Waals surface area contributed by atoms with E-state index >= 15 is 0 Å². The smallest absolute Gasteiger partial charge is 0.340 e. The molecular weight excluding hydrogens is 298 g/mol. The molecule has 5 nitrogen and oxygen atoms in total. The largest absolute Gasteiger partial charge is 0.382 e. The third kappa shape index (κ3) is 2.33. The molecule has 0 aliphatic carbocycles. The van der Waals surface area contributed by atoms with Crippen LogP contribution in [0.15, 0.2) is 22.7 Å². The number of carbonyl (C=O) groups is 1. The van der Waals surface area contributed by atoms with Gasteiger partial charge in [-0.3, -0.25) is 0 Å². The number of nitrogens with two attached hydrogens (primary N) is 1. The molecule has 0 saturated heterocycles. The van der Waals surface area contributed by atoms with Crippen LogP contribution in [0.5, 0.6) is 0 Å². The summed E-state index contributed by atoms with van der Waals surface area (Å²) in [7, 11) is 0. The van der Waals surface area contributed by atoms with Crippen molar-refractivity contribution in [2.75, 3.05) is 5.73 Å². The van der Waals surface area contributed by atoms with Gasteiger partial charge >= 0.3 is 5.97 Å². The molecule has 0 unspecified atom stereocenters. The molecule has 1 aromatic carbocycles. The fraction of sp³-hybridized carbons (Fsp3) is 0.333. The van der Waals surface area contributed by atoms with Gasteiger partial charge in [0.05, 0.1) is 5.41 Å². The fourth-order valence-electron chi connectivity index (χ4n) is 1.37. The summed E-state index contributed by atoms with van der Waals surface area (Å²) in [5.41, 5.74) is 5.85. The van der Waals surface area contributed by atoms with Gasteiger partial charge in [0.2, 0.25) is 0 Å². The van der Waals surface area contributed by atoms with Crippen molar-refractivity contribution in [2.45, 2.75) is 20.8 Å². The first-order chi connectivity index (χ1) is 8.29. The van der Waals surface area contributed by atoms with Gasteiger partial charge in [-0.05, 0) is 39.0 Å². The van der Waals surface area contributed by atoms with E-state index in [4.69, 9.17) is 10.6 Å². The normalized spacial score (nSPS) is 11.8. The highest BCUT2D eigenvalue weighted by Crippen LogP contribution is 2.24. The number of hydrogen-bond donors (Lipinski definition) is 1. The highest BCUT2D eigenvalue weighted by molar-refractivity contribution is 9.10. The molecule has 96 valence electrons. The van der Waals surface area contributed by atoms with Crippen LogP contribution in [0.25, 0.3) is 10.9 Å². The molecule has 2 rings (SSSR count). The Hall–Kier alpha value is -1.56. The lowest BCUT2D eigenvalue weighted by Crippen LogP contribution is -2.31. The van der Waals surface area contributed by atoms with Gasteiger partial charge in [-0.25, -0.2) is 4.79 Å². The average Bonchev–Trinajstić information content (AvgIpc) is 2.54. The van der Waals surface area contributed by atoms with E-state index in [1.165, 1.54) is 4.85 Å². The molecule has 1 aromatic heterocycles. The molecule has 0 fully saturated rings. The van der Waals surface area contributed by atoms with Crippen LogP contribution >= 0.6 is 15.9 Å². The molecule has 2 aromatic rings. The summed E-state index contributed by atoms with van der Waals surface area (Å²) in [4.78, 5) is 18.2. The minimum absolute atomic E-state index is 0.327. The van der Waals surface area contributed by atoms with Gasteiger partial charge in [0.15, 0.2) is 5.82 Å². The number of hydrogen-bond acceptors (Lipinski definition) is 4. The molecule has 0 atom stereocenters. The molecule has 0 amide bonds. The van der Waals surface area contributed by atoms with Crippen molar-refractivity contribution in [3.05, 3.63) is 22.7 Å². The van der Waals surface area contributed by atoms with Crippen molar-refractivity contribution >= 4 is 38.6 Å². The standard InChI is InChI=1S/C12H14BrN3O2/c1-12(2,3)11(17)18-16-9-5-4-7(13)6-8(9)10(14)15-16/h4-6H,1-3H3,(H2,14,15). The van der Waals surface area contributed by atoms with Crippen LogP contribution in [0.2, 0.25) is 0 Å². The monoisotopic (exact) mass is 311 g/mol. The molecular formula is C12H14BrN3O2. The van der Waals surface area contributed by atoms with E-state index in [2.05, 4.69) is 21.0 Å². The zero-order valence-electron chi connectivity index (χ0n) is 10.4. The second-order valence-electron chi connectivity index (χ2n) is 5.05. The van der Waals surface area contributed by atoms with Gasteiger partial charge in [-0.1, -0.05) is 20.8 Å². The van der Waals surface area contributed by atoms with Gasteiger partial charge < -0.3 is 10.6 Å². The van der Waals surface area contributed by atoms with Crippen LogP contribution < -0.4 is 10.6 Å². The van der Waals surface area contributed by atoms with Crippen LogP contribution in [-0.2, 0) is 4.79 Å². The number of nitrogen functional groups attached to an aromatic ring is 1. The van der Waals surface area contributed by atoms with Crippen molar-refractivity contribution < 1.29 is 9.63 Å². The third-order valence-electron chi connectivity index (χ3n) is 2.42. The Kier molecular flexibility index (Phi) is 3.06. The molecule has 6 heteroatoms. The van der Waals surface area contributed by atoms with E-state index in [-0.39, 0.29) is 5.97 Å². The van der Waals surface area contributed by atoms with Crippen LogP contribution in [0.4, 0.5) is 5.82 Å². The first kappa shape index (κ1) is 12.9. The molecule has 0 aliphatic heterocycles. The van der Waals surface area contributed by atoms with Crippen LogP contribution in [0.1, 0.15) is 20.8 Å². The first-order valence-corrected chi connectivity index (χ1v) is 6.25. The number of rotatable bonds is 1. The topological polar surface area (TPSA) is 70.1 Å². The van der Waals surface area contributed by atoms with E-state index < -0.39 is 5.41 Å². The van der Waals surface area contributed by atoms with Gasteiger partial charge in [0, 0.05) is 9.86 Å². The van der Waals surface area contributed by atoms with Crippen molar-refractivity contribution in [3.63, 3.8) is 0 Å². The lowest BCUT2D eigenvalue weighted by molar-refractivity contribution is -0.154. The second-order valence-corrected chi connectivity index (χ2v) is 5.96. The van der Waals surface area contributed by atoms with E-state index in [0.29, 0.717) is 11.3 Å². The summed E-state index contributed by atoms with van der Waals surface area (Å²) in [5.74, 6) is -0.0390. The number of aromatic nitrogens is 2. The van der Waals surface area contributed by atoms with Gasteiger partial charge in [-0.2, -0.15) is 0 Å². The Morgan fingerprint density at radius 2 is 2.11 bits per heavy atom. The van der Waals surface area contributed by atoms with Gasteiger partial charge in [0.25, 0.3) is 0 Å². The molecule has 0 spiro atoms. The number of benzene rings is 1. The molecule has 0 aliphatic rings. The number of carbonyl (C=O) groups excluding carboxylic acids is 1. The van der Waals surface area contributed by atoms with Gasteiger partial charge in [-0.15, -0.1) is 5.10 Å². The van der Waals surface area contributed by atoms with Crippen LogP contribution in [0, 0.1) is 5.41 Å². The Morgan fingerprint density at radius 1 is 1.44 bits per heavy atom. The quantitative estimate of drug-likeness (QED) is 0.878. The molecule has 18 heavy (non-hydrogen) atoms. The predicted octanol–water partition coefficient (Wildman–Crippen LogP) is 2.38. The van der Waals surface area contributed by atoms with E-state index in [9.17, 15) is 4.79 Å². The zero-order chi connectivity index (χ0) is 13.5. The van der Waals surface area contributed by atoms with Crippen LogP contribution in [-0.4, -0.2) is 15.9 Å². The third-order valence-corrected chi connectivity index (χ3v) is 2.91. The van der Waals surface area contributed by atoms with Crippen LogP contribution in [0.3, 0.4) is 0 Å². The van der Waals surface area contributed by atoms with Crippen molar-refractivity contribution in [1.29, 1.82) is 0 Å². The minimum atomic E-state index is -0.595. The first-order valence-electron chi connectivity index (χ1n) is 5.45. The molecule has 2 N–H and O–H groups in total. The summed E-state index contributed by atoms with van der Waals surface area (Å²) in [6.45, 7) is 5.34. The Bertz CT molecular complexity index is 614. The fourth-order valence-corrected chi connectivity index (χ4v) is 1.73. The Morgan fingerprint density at radius 3 is 2.72 bits per heavy atom. The maximum atomic E-state index is 11.8. The molecule has 1 heterocycles. The van der Waals surface area contributed by atoms with Crippen molar-refractivity contribution in [2.24, 2.45) is 5.41 Å². The number of nitrogens with zero attached hydrogens (tertiary/aromatic N) is 2. The average molecular weight is 312 g/mol. The number of anilines is 1. The summed E-state index contributed by atoms with van der Waals surface area (Å²) in [5, 5.41) is 4.76. The predicted molar refractivity (Wildman–Crippen MR) is 72.9 cm³/mol. The summed E-state index contributed by atoms with van der Waals surface area (Å²) < 4.78 is 0.892. The van der Waals surface area contributed by atoms with E-state index in [0.717, 1.165) is 9.86 Å². The summed E-state index contributed by atoms with van der Waals surface area (Å²) in [6.07, 6.45) is 0. The van der Waals surface area contributed by atoms with E-state index in [1.807, 2.05) is 12.1 Å². The Labute approximate surface area is 113 Å². The van der Waals surface area contributed by atoms with E-state index in [1.54, 1.807) is 26.8 Å². The van der Waals surface area contributed by atoms with Gasteiger partial charge in [0.1, 0.15) is 5.52 Å². The zero-order valence-corrected chi connectivity index (χ0v) is 12.0. The minimum Gasteiger partial charge on any atom is -0.382 e. The molecule has 0 saturated carbocycles. The summed E-state index contributed by atoms with van der Waals surface area (Å²) in [6, 6.07) is 5.46. The summed E-state index contributed by atoms with van der Waals surface area (Å²) >= 11 is 3.36. The maximum Gasteiger partial charge on any atom is 0.340 e. The maximum absolute atomic E-state index is 11.8. The van der Waals surface area contributed by atoms with Crippen molar-refractivity contribution in [3.8, 4) is 0 Å². The second kappa shape index (κ2) is 4.28. The lowest BCUT2D eigenvalue weighted by atomic mass is 9.98. The SMILES string of the molecule is CC(C)(C)C(=O)On1nc(N)c2cc(Br)ccc21. The number of halogens is 1. The van der Waals surface area contributed by atoms with Crippen molar-refractivity contribution in [1.82, 2.24) is 9.94 Å². The highest BCUT2D eigenvalue weighted by Gasteiger charge is 2.25. The Balaban J connectivity index is 2.44. The molecule has 0 radical (unpaired) electrons. The lowest BCUT2D eigenvalue weighted by Gasteiger charge is -2.15. The molecule has 0 bridgehead atoms. The highest BCUT2D eigenvalue weighted by atomic mass is 79.9.